The molecule has 2 aliphatic heterocycles. The largest absolute Gasteiger partial charge is 0.468 e. The van der Waals surface area contributed by atoms with Gasteiger partial charge in [0.15, 0.2) is 0 Å². The number of rotatable bonds is 4. The lowest BCUT2D eigenvalue weighted by atomic mass is 9.88. The molecule has 2 unspecified atom stereocenters. The number of carbonyl (C=O) groups is 1. The van der Waals surface area contributed by atoms with Gasteiger partial charge in [0.1, 0.15) is 5.54 Å². The van der Waals surface area contributed by atoms with Gasteiger partial charge in [0.2, 0.25) is 0 Å². The predicted octanol–water partition coefficient (Wildman–Crippen LogP) is 0.766. The normalized spacial score (nSPS) is 34.0. The van der Waals surface area contributed by atoms with E-state index in [2.05, 4.69) is 17.1 Å². The molecule has 0 amide bonds. The lowest BCUT2D eigenvalue weighted by molar-refractivity contribution is -0.149. The Bertz CT molecular complexity index is 270. The Morgan fingerprint density at radius 2 is 2.38 bits per heavy atom. The summed E-state index contributed by atoms with van der Waals surface area (Å²) in [6.07, 6.45) is 4.26. The van der Waals surface area contributed by atoms with Crippen molar-refractivity contribution >= 4 is 5.97 Å². The van der Waals surface area contributed by atoms with E-state index in [9.17, 15) is 4.79 Å². The quantitative estimate of drug-likeness (QED) is 0.719. The molecular weight excluding hydrogens is 204 g/mol. The maximum absolute atomic E-state index is 12.1. The molecule has 0 aromatic heterocycles. The van der Waals surface area contributed by atoms with E-state index < -0.39 is 5.54 Å². The first-order chi connectivity index (χ1) is 7.74. The van der Waals surface area contributed by atoms with Crippen LogP contribution in [0, 0.1) is 0 Å². The van der Waals surface area contributed by atoms with Gasteiger partial charge in [0.05, 0.1) is 7.11 Å². The summed E-state index contributed by atoms with van der Waals surface area (Å²) in [5, 5.41) is 3.45. The van der Waals surface area contributed by atoms with E-state index in [1.165, 1.54) is 13.5 Å². The van der Waals surface area contributed by atoms with Crippen LogP contribution >= 0.6 is 0 Å². The average molecular weight is 226 g/mol. The van der Waals surface area contributed by atoms with Crippen LogP contribution in [0.5, 0.6) is 0 Å². The third-order valence-electron chi connectivity index (χ3n) is 3.97. The van der Waals surface area contributed by atoms with Crippen LogP contribution in [-0.2, 0) is 9.53 Å². The van der Waals surface area contributed by atoms with Crippen LogP contribution in [0.25, 0.3) is 0 Å². The van der Waals surface area contributed by atoms with Gasteiger partial charge in [0, 0.05) is 12.6 Å². The van der Waals surface area contributed by atoms with Crippen LogP contribution in [-0.4, -0.2) is 49.2 Å². The Kier molecular flexibility index (Phi) is 3.50. The number of ether oxygens (including phenoxy) is 1. The van der Waals surface area contributed by atoms with Gasteiger partial charge in [-0.05, 0) is 38.8 Å². The van der Waals surface area contributed by atoms with Crippen molar-refractivity contribution < 1.29 is 9.53 Å². The van der Waals surface area contributed by atoms with Gasteiger partial charge in [-0.1, -0.05) is 6.92 Å². The molecule has 0 aromatic carbocycles. The molecule has 16 heavy (non-hydrogen) atoms. The van der Waals surface area contributed by atoms with Crippen LogP contribution in [0.15, 0.2) is 0 Å². The number of methoxy groups -OCH3 is 1. The number of hydrogen-bond donors (Lipinski definition) is 1. The molecule has 1 N–H and O–H groups in total. The molecule has 2 heterocycles. The number of esters is 1. The zero-order valence-electron chi connectivity index (χ0n) is 10.3. The Morgan fingerprint density at radius 1 is 1.56 bits per heavy atom. The SMILES string of the molecule is CCCNC1(C(=O)OC)CCN2CCCC21. The molecule has 4 heteroatoms. The van der Waals surface area contributed by atoms with Crippen LogP contribution in [0.1, 0.15) is 32.6 Å². The van der Waals surface area contributed by atoms with Gasteiger partial charge in [0.25, 0.3) is 0 Å². The van der Waals surface area contributed by atoms with E-state index >= 15 is 0 Å². The third-order valence-corrected chi connectivity index (χ3v) is 3.97. The van der Waals surface area contributed by atoms with Crippen molar-refractivity contribution in [1.82, 2.24) is 10.2 Å². The van der Waals surface area contributed by atoms with Gasteiger partial charge in [-0.25, -0.2) is 4.79 Å². The Labute approximate surface area is 97.3 Å². The monoisotopic (exact) mass is 226 g/mol. The molecule has 2 rings (SSSR count). The molecule has 0 saturated carbocycles. The van der Waals surface area contributed by atoms with Gasteiger partial charge < -0.3 is 10.1 Å². The summed E-state index contributed by atoms with van der Waals surface area (Å²) in [5.74, 6) is -0.0737. The average Bonchev–Trinajstić information content (AvgIpc) is 2.88. The Hall–Kier alpha value is -0.610. The fourth-order valence-corrected chi connectivity index (χ4v) is 3.19. The van der Waals surface area contributed by atoms with Crippen molar-refractivity contribution in [2.75, 3.05) is 26.7 Å². The summed E-state index contributed by atoms with van der Waals surface area (Å²) in [6, 6.07) is 0.353. The summed E-state index contributed by atoms with van der Waals surface area (Å²) < 4.78 is 5.01. The van der Waals surface area contributed by atoms with E-state index in [-0.39, 0.29) is 5.97 Å². The van der Waals surface area contributed by atoms with Crippen LogP contribution in [0.2, 0.25) is 0 Å². The topological polar surface area (TPSA) is 41.6 Å². The number of fused-ring (bicyclic) bond motifs is 1. The number of nitrogens with one attached hydrogen (secondary N) is 1. The molecule has 0 radical (unpaired) electrons. The lowest BCUT2D eigenvalue weighted by Crippen LogP contribution is -2.59. The van der Waals surface area contributed by atoms with Crippen molar-refractivity contribution in [3.8, 4) is 0 Å². The third kappa shape index (κ3) is 1.74. The molecule has 0 spiro atoms. The molecule has 0 aromatic rings. The summed E-state index contributed by atoms with van der Waals surface area (Å²) in [6.45, 7) is 5.17. The lowest BCUT2D eigenvalue weighted by Gasteiger charge is -2.33. The second-order valence-electron chi connectivity index (χ2n) is 4.83. The van der Waals surface area contributed by atoms with E-state index in [1.54, 1.807) is 0 Å². The van der Waals surface area contributed by atoms with Crippen molar-refractivity contribution in [2.45, 2.75) is 44.2 Å². The van der Waals surface area contributed by atoms with Crippen molar-refractivity contribution in [3.63, 3.8) is 0 Å². The fourth-order valence-electron chi connectivity index (χ4n) is 3.19. The highest BCUT2D eigenvalue weighted by molar-refractivity contribution is 5.82. The van der Waals surface area contributed by atoms with Gasteiger partial charge in [-0.15, -0.1) is 0 Å². The predicted molar refractivity (Wildman–Crippen MR) is 62.3 cm³/mol. The smallest absolute Gasteiger partial charge is 0.327 e. The molecule has 2 fully saturated rings. The minimum absolute atomic E-state index is 0.0737. The van der Waals surface area contributed by atoms with Crippen LogP contribution < -0.4 is 5.32 Å². The molecule has 92 valence electrons. The minimum atomic E-state index is -0.429. The van der Waals surface area contributed by atoms with Crippen LogP contribution in [0.4, 0.5) is 0 Å². The highest BCUT2D eigenvalue weighted by atomic mass is 16.5. The maximum atomic E-state index is 12.1. The second kappa shape index (κ2) is 4.72. The minimum Gasteiger partial charge on any atom is -0.468 e. The van der Waals surface area contributed by atoms with E-state index in [0.717, 1.165) is 38.9 Å². The first-order valence-electron chi connectivity index (χ1n) is 6.32. The molecule has 2 saturated heterocycles. The van der Waals surface area contributed by atoms with Gasteiger partial charge in [-0.3, -0.25) is 4.90 Å². The Morgan fingerprint density at radius 3 is 3.06 bits per heavy atom. The summed E-state index contributed by atoms with van der Waals surface area (Å²) in [5.41, 5.74) is -0.429. The van der Waals surface area contributed by atoms with Crippen molar-refractivity contribution in [1.29, 1.82) is 0 Å². The Balaban J connectivity index is 2.16. The van der Waals surface area contributed by atoms with Gasteiger partial charge in [-0.2, -0.15) is 0 Å². The summed E-state index contributed by atoms with van der Waals surface area (Å²) in [7, 11) is 1.50. The number of hydrogen-bond acceptors (Lipinski definition) is 4. The van der Waals surface area contributed by atoms with Crippen molar-refractivity contribution in [3.05, 3.63) is 0 Å². The highest BCUT2D eigenvalue weighted by Crippen LogP contribution is 2.36. The zero-order valence-corrected chi connectivity index (χ0v) is 10.3. The molecular formula is C12H22N2O2. The molecule has 0 aliphatic carbocycles. The highest BCUT2D eigenvalue weighted by Gasteiger charge is 2.54. The second-order valence-corrected chi connectivity index (χ2v) is 4.83. The van der Waals surface area contributed by atoms with Crippen LogP contribution in [0.3, 0.4) is 0 Å². The summed E-state index contributed by atoms with van der Waals surface area (Å²) in [4.78, 5) is 14.5. The summed E-state index contributed by atoms with van der Waals surface area (Å²) >= 11 is 0. The van der Waals surface area contributed by atoms with E-state index in [1.807, 2.05) is 0 Å². The van der Waals surface area contributed by atoms with Crippen molar-refractivity contribution in [2.24, 2.45) is 0 Å². The number of carbonyl (C=O) groups excluding carboxylic acids is 1. The molecule has 0 bridgehead atoms. The maximum Gasteiger partial charge on any atom is 0.327 e. The van der Waals surface area contributed by atoms with Gasteiger partial charge >= 0.3 is 5.97 Å². The molecule has 2 aliphatic rings. The zero-order chi connectivity index (χ0) is 11.6. The van der Waals surface area contributed by atoms with E-state index in [4.69, 9.17) is 4.74 Å². The number of nitrogens with zero attached hydrogens (tertiary/aromatic N) is 1. The first-order valence-corrected chi connectivity index (χ1v) is 6.32. The standard InChI is InChI=1S/C12H22N2O2/c1-3-7-13-12(11(15)16-2)6-9-14-8-4-5-10(12)14/h10,13H,3-9H2,1-2H3. The molecule has 4 nitrogen and oxygen atoms in total. The fraction of sp³-hybridized carbons (Fsp3) is 0.917. The molecule has 2 atom stereocenters. The first kappa shape index (κ1) is 11.9. The van der Waals surface area contributed by atoms with E-state index in [0.29, 0.717) is 6.04 Å².